The Bertz CT molecular complexity index is 893. The van der Waals surface area contributed by atoms with Crippen LogP contribution < -0.4 is 4.74 Å². The Hall–Kier alpha value is -2.44. The van der Waals surface area contributed by atoms with Crippen molar-refractivity contribution in [1.29, 1.82) is 0 Å². The molecule has 1 aliphatic rings. The number of allylic oxidation sites excluding steroid dienone is 2. The van der Waals surface area contributed by atoms with Crippen LogP contribution in [0.4, 0.5) is 26.3 Å². The number of aryl methyl sites for hydroxylation is 2. The van der Waals surface area contributed by atoms with Crippen LogP contribution in [0.2, 0.25) is 0 Å². The first kappa shape index (κ1) is 21.3. The molecule has 156 valence electrons. The highest BCUT2D eigenvalue weighted by molar-refractivity contribution is 5.41. The molecule has 2 aromatic carbocycles. The topological polar surface area (TPSA) is 9.23 Å². The number of halogens is 6. The van der Waals surface area contributed by atoms with E-state index in [9.17, 15) is 26.3 Å². The molecule has 1 aliphatic carbocycles. The Kier molecular flexibility index (Phi) is 6.24. The van der Waals surface area contributed by atoms with Gasteiger partial charge >= 0.3 is 6.36 Å². The van der Waals surface area contributed by atoms with Crippen molar-refractivity contribution < 1.29 is 31.1 Å². The van der Waals surface area contributed by atoms with Gasteiger partial charge in [0.1, 0.15) is 11.6 Å². The second-order valence-electron chi connectivity index (χ2n) is 7.12. The smallest absolute Gasteiger partial charge is 0.403 e. The van der Waals surface area contributed by atoms with E-state index in [0.717, 1.165) is 12.1 Å². The van der Waals surface area contributed by atoms with E-state index < -0.39 is 35.5 Å². The maximum atomic E-state index is 14.6. The summed E-state index contributed by atoms with van der Waals surface area (Å²) in [5, 5.41) is 0. The van der Waals surface area contributed by atoms with Crippen LogP contribution in [0, 0.1) is 17.5 Å². The molecule has 0 bridgehead atoms. The Labute approximate surface area is 165 Å². The van der Waals surface area contributed by atoms with Gasteiger partial charge in [0, 0.05) is 5.56 Å². The van der Waals surface area contributed by atoms with Gasteiger partial charge in [0.15, 0.2) is 11.6 Å². The van der Waals surface area contributed by atoms with Crippen molar-refractivity contribution in [3.8, 4) is 5.75 Å². The second-order valence-corrected chi connectivity index (χ2v) is 7.12. The van der Waals surface area contributed by atoms with Gasteiger partial charge in [-0.3, -0.25) is 0 Å². The summed E-state index contributed by atoms with van der Waals surface area (Å²) in [4.78, 5) is 0. The van der Waals surface area contributed by atoms with Gasteiger partial charge in [0.25, 0.3) is 0 Å². The minimum Gasteiger partial charge on any atom is -0.403 e. The quantitative estimate of drug-likeness (QED) is 0.387. The van der Waals surface area contributed by atoms with Crippen LogP contribution in [0.3, 0.4) is 0 Å². The van der Waals surface area contributed by atoms with Crippen molar-refractivity contribution in [3.63, 3.8) is 0 Å². The molecule has 1 nitrogen and oxygen atoms in total. The van der Waals surface area contributed by atoms with Crippen molar-refractivity contribution in [3.05, 3.63) is 76.1 Å². The highest BCUT2D eigenvalue weighted by Gasteiger charge is 2.34. The van der Waals surface area contributed by atoms with Crippen molar-refractivity contribution in [1.82, 2.24) is 0 Å². The summed E-state index contributed by atoms with van der Waals surface area (Å²) in [5.74, 6) is -3.85. The lowest BCUT2D eigenvalue weighted by Crippen LogP contribution is -2.20. The zero-order valence-corrected chi connectivity index (χ0v) is 15.8. The third-order valence-corrected chi connectivity index (χ3v) is 5.09. The fourth-order valence-corrected chi connectivity index (χ4v) is 3.79. The molecular formula is C22H20F6O. The molecule has 0 spiro atoms. The molecule has 0 amide bonds. The van der Waals surface area contributed by atoms with E-state index in [1.165, 1.54) is 12.1 Å². The predicted octanol–water partition coefficient (Wildman–Crippen LogP) is 6.78. The number of rotatable bonds is 5. The maximum absolute atomic E-state index is 14.6. The molecular weight excluding hydrogens is 394 g/mol. The first-order chi connectivity index (χ1) is 13.7. The number of hydrogen-bond donors (Lipinski definition) is 0. The number of fused-ring (bicyclic) bond motifs is 1. The zero-order valence-electron chi connectivity index (χ0n) is 15.8. The molecule has 7 heteroatoms. The van der Waals surface area contributed by atoms with Crippen LogP contribution in [0.1, 0.15) is 47.9 Å². The average Bonchev–Trinajstić information content (AvgIpc) is 2.61. The summed E-state index contributed by atoms with van der Waals surface area (Å²) in [7, 11) is 0. The molecule has 0 aliphatic heterocycles. The molecule has 1 atom stereocenters. The van der Waals surface area contributed by atoms with Gasteiger partial charge in [-0.15, -0.1) is 13.2 Å². The van der Waals surface area contributed by atoms with E-state index in [4.69, 9.17) is 0 Å². The number of benzene rings is 2. The van der Waals surface area contributed by atoms with Gasteiger partial charge in [-0.25, -0.2) is 13.2 Å². The predicted molar refractivity (Wildman–Crippen MR) is 97.3 cm³/mol. The first-order valence-corrected chi connectivity index (χ1v) is 9.34. The fourth-order valence-electron chi connectivity index (χ4n) is 3.79. The van der Waals surface area contributed by atoms with Crippen molar-refractivity contribution in [2.24, 2.45) is 0 Å². The zero-order chi connectivity index (χ0) is 21.2. The highest BCUT2D eigenvalue weighted by Crippen LogP contribution is 2.38. The highest BCUT2D eigenvalue weighted by atomic mass is 19.4. The summed E-state index contributed by atoms with van der Waals surface area (Å²) >= 11 is 0. The lowest BCUT2D eigenvalue weighted by Gasteiger charge is -2.26. The van der Waals surface area contributed by atoms with E-state index in [0.29, 0.717) is 36.0 Å². The Balaban J connectivity index is 1.83. The van der Waals surface area contributed by atoms with Gasteiger partial charge in [-0.05, 0) is 85.9 Å². The monoisotopic (exact) mass is 414 g/mol. The maximum Gasteiger partial charge on any atom is 0.573 e. The minimum atomic E-state index is -4.99. The lowest BCUT2D eigenvalue weighted by molar-refractivity contribution is -0.275. The molecule has 0 radical (unpaired) electrons. The van der Waals surface area contributed by atoms with Crippen LogP contribution >= 0.6 is 0 Å². The molecule has 0 saturated heterocycles. The molecule has 0 N–H and O–H groups in total. The number of hydrogen-bond acceptors (Lipinski definition) is 1. The number of ether oxygens (including phenoxy) is 1. The van der Waals surface area contributed by atoms with Crippen LogP contribution in [0.25, 0.3) is 0 Å². The largest absolute Gasteiger partial charge is 0.573 e. The molecule has 0 saturated carbocycles. The number of alkyl halides is 3. The first-order valence-electron chi connectivity index (χ1n) is 9.34. The minimum absolute atomic E-state index is 0.0542. The van der Waals surface area contributed by atoms with Crippen LogP contribution in [-0.4, -0.2) is 6.36 Å². The van der Waals surface area contributed by atoms with Crippen LogP contribution in [-0.2, 0) is 19.3 Å². The molecule has 29 heavy (non-hydrogen) atoms. The summed E-state index contributed by atoms with van der Waals surface area (Å²) in [6, 6.07) is 4.62. The van der Waals surface area contributed by atoms with Crippen LogP contribution in [0.5, 0.6) is 5.75 Å². The molecule has 3 rings (SSSR count). The van der Waals surface area contributed by atoms with Crippen molar-refractivity contribution in [2.75, 3.05) is 0 Å². The molecule has 0 fully saturated rings. The Morgan fingerprint density at radius 2 is 1.69 bits per heavy atom. The van der Waals surface area contributed by atoms with E-state index in [1.54, 1.807) is 0 Å². The average molecular weight is 414 g/mol. The van der Waals surface area contributed by atoms with Crippen LogP contribution in [0.15, 0.2) is 36.4 Å². The Morgan fingerprint density at radius 3 is 2.31 bits per heavy atom. The third-order valence-electron chi connectivity index (χ3n) is 5.09. The third kappa shape index (κ3) is 5.14. The van der Waals surface area contributed by atoms with Gasteiger partial charge in [-0.1, -0.05) is 12.2 Å². The fraction of sp³-hybridized carbons (Fsp3) is 0.364. The SMILES string of the molecule is C/C=C/CCc1cc(F)c(C2CCc3cc(OC(F)(F)F)c(F)cc3C2)c(F)c1. The van der Waals surface area contributed by atoms with Gasteiger partial charge in [0.05, 0.1) is 0 Å². The van der Waals surface area contributed by atoms with E-state index >= 15 is 0 Å². The van der Waals surface area contributed by atoms with Crippen molar-refractivity contribution >= 4 is 0 Å². The van der Waals surface area contributed by atoms with Gasteiger partial charge in [0.2, 0.25) is 0 Å². The summed E-state index contributed by atoms with van der Waals surface area (Å²) in [6.45, 7) is 1.87. The van der Waals surface area contributed by atoms with E-state index in [-0.39, 0.29) is 18.4 Å². The molecule has 0 heterocycles. The summed E-state index contributed by atoms with van der Waals surface area (Å²) < 4.78 is 84.1. The molecule has 1 unspecified atom stereocenters. The summed E-state index contributed by atoms with van der Waals surface area (Å²) in [5.41, 5.74) is 1.43. The van der Waals surface area contributed by atoms with Crippen molar-refractivity contribution in [2.45, 2.75) is 51.3 Å². The van der Waals surface area contributed by atoms with Gasteiger partial charge < -0.3 is 4.74 Å². The standard InChI is InChI=1S/C22H20F6O/c1-2-3-4-5-13-8-18(24)21(19(25)9-13)15-7-6-14-12-20(29-22(26,27)28)17(23)11-16(14)10-15/h2-3,8-9,11-12,15H,4-7,10H2,1H3/b3-2+. The second kappa shape index (κ2) is 8.51. The van der Waals surface area contributed by atoms with E-state index in [1.807, 2.05) is 19.1 Å². The van der Waals surface area contributed by atoms with Gasteiger partial charge in [-0.2, -0.15) is 0 Å². The summed E-state index contributed by atoms with van der Waals surface area (Å²) in [6.07, 6.45) is 0.730. The molecule has 2 aromatic rings. The Morgan fingerprint density at radius 1 is 1.00 bits per heavy atom. The van der Waals surface area contributed by atoms with E-state index in [2.05, 4.69) is 4.74 Å². The molecule has 0 aromatic heterocycles. The lowest BCUT2D eigenvalue weighted by atomic mass is 9.79. The normalized spacial score (nSPS) is 16.9.